The molecule has 43 nitrogen and oxygen atoms in total. The molecule has 43 heteroatoms. The van der Waals surface area contributed by atoms with Gasteiger partial charge in [0.15, 0.2) is 74.4 Å². The number of ether oxygens (including phenoxy) is 27. The second-order valence-corrected chi connectivity index (χ2v) is 31.3. The molecule has 0 aliphatic carbocycles. The van der Waals surface area contributed by atoms with Crippen LogP contribution in [0.5, 0.6) is 0 Å². The molecule has 0 aromatic rings. The van der Waals surface area contributed by atoms with E-state index in [0.717, 1.165) is 82.2 Å². The van der Waals surface area contributed by atoms with Gasteiger partial charge in [0.05, 0.1) is 55.4 Å². The van der Waals surface area contributed by atoms with Gasteiger partial charge in [-0.25, -0.2) is 0 Å². The van der Waals surface area contributed by atoms with Gasteiger partial charge in [0.2, 0.25) is 5.91 Å². The molecule has 0 radical (unpaired) electrons. The number of esters is 13. The van der Waals surface area contributed by atoms with Crippen molar-refractivity contribution in [2.24, 2.45) is 41.4 Å². The van der Waals surface area contributed by atoms with E-state index in [2.05, 4.69) is 11.9 Å². The standard InChI is InChI=1S/C80H119NO42/c1-23-60(95)81-31-97-24-53-61(96)32(2)69(106-47(17)89)75(112-53)119-64-34(4)71(108-49(19)91)77(114-55(64)26-99-41(11)83)121-66-36(6)73(110-51(21)93)79(116-57(66)28-101-43(13)85)123-68-38(8)74(111-52(22)94)80(117-59(68)30-103-45(15)87)122-67-37(7)72(109-50(20)92)78(115-58(67)29-102-44(14)86)120-65-35(5)70(107-48(18)90)76(113-56(65)27-100-42(12)84)118-63-33(3)62(105-46(16)88)39(9)104-54(63)25-98-40(10)82/h23,32-39,53-59,61-80,96H,1,24-31H2,2-22H3,(H,81,95). The lowest BCUT2D eigenvalue weighted by Gasteiger charge is -2.52. The lowest BCUT2D eigenvalue weighted by atomic mass is 9.86. The molecule has 1 amide bonds. The Morgan fingerprint density at radius 3 is 0.675 bits per heavy atom. The van der Waals surface area contributed by atoms with Gasteiger partial charge < -0.3 is 138 Å². The molecular formula is C80H119NO42. The number of carbonyl (C=O) groups is 14. The summed E-state index contributed by atoms with van der Waals surface area (Å²) in [6.45, 7) is 26.4. The molecule has 35 unspecified atom stereocenters. The summed E-state index contributed by atoms with van der Waals surface area (Å²) in [6, 6.07) is 0. The molecule has 7 rings (SSSR count). The first-order valence-electron chi connectivity index (χ1n) is 40.5. The highest BCUT2D eigenvalue weighted by atomic mass is 16.8. The minimum absolute atomic E-state index is 0.327. The van der Waals surface area contributed by atoms with Gasteiger partial charge in [-0.05, 0) is 13.0 Å². The van der Waals surface area contributed by atoms with Crippen LogP contribution in [-0.4, -0.2) is 314 Å². The molecule has 123 heavy (non-hydrogen) atoms. The average molecular weight is 1770 g/mol. The summed E-state index contributed by atoms with van der Waals surface area (Å²) in [5, 5.41) is 13.9. The molecule has 2 N–H and O–H groups in total. The van der Waals surface area contributed by atoms with E-state index >= 15 is 0 Å². The van der Waals surface area contributed by atoms with Crippen molar-refractivity contribution >= 4 is 83.5 Å². The molecule has 7 fully saturated rings. The number of aliphatic hydroxyl groups excluding tert-OH is 1. The van der Waals surface area contributed by atoms with Crippen LogP contribution < -0.4 is 5.32 Å². The van der Waals surface area contributed by atoms with Crippen molar-refractivity contribution in [3.05, 3.63) is 12.7 Å². The van der Waals surface area contributed by atoms with E-state index in [1.807, 2.05) is 0 Å². The van der Waals surface area contributed by atoms with Crippen molar-refractivity contribution < 1.29 is 200 Å². The Balaban J connectivity index is 1.22. The van der Waals surface area contributed by atoms with Crippen LogP contribution in [0.3, 0.4) is 0 Å². The largest absolute Gasteiger partial charge is 0.463 e. The molecule has 7 heterocycles. The SMILES string of the molecule is C=CC(=O)NCOCC1OC(OC2C(COC(C)=O)OC(OC3C(COC(C)=O)OC(OC4C(COC(C)=O)OC(OC5C(COC(C)=O)OC(OC6C(COC(C)=O)OC(OC7C(COC(C)=O)OC(C)C(OC(C)=O)C7C)C(OC(C)=O)C6C)C(OC(C)=O)C5C)C(OC(C)=O)C4C)C(OC(C)=O)C3C)C(OC(C)=O)C2C)C(OC(C)=O)C(C)C1O. The van der Waals surface area contributed by atoms with E-state index in [-0.39, 0.29) is 19.9 Å². The van der Waals surface area contributed by atoms with Gasteiger partial charge in [-0.15, -0.1) is 0 Å². The highest BCUT2D eigenvalue weighted by Gasteiger charge is 2.61. The molecule has 7 aliphatic heterocycles. The highest BCUT2D eigenvalue weighted by Crippen LogP contribution is 2.45. The lowest BCUT2D eigenvalue weighted by Crippen LogP contribution is -2.66. The molecule has 35 atom stereocenters. The van der Waals surface area contributed by atoms with Gasteiger partial charge in [-0.3, -0.25) is 67.1 Å². The molecular weight excluding hydrogens is 1650 g/mol. The number of hydrogen-bond donors (Lipinski definition) is 2. The van der Waals surface area contributed by atoms with Crippen LogP contribution in [0.1, 0.15) is 145 Å². The summed E-state index contributed by atoms with van der Waals surface area (Å²) in [7, 11) is 0. The van der Waals surface area contributed by atoms with Crippen LogP contribution in [0.25, 0.3) is 0 Å². The van der Waals surface area contributed by atoms with Crippen LogP contribution >= 0.6 is 0 Å². The first kappa shape index (κ1) is 102. The van der Waals surface area contributed by atoms with Crippen molar-refractivity contribution in [2.75, 3.05) is 53.0 Å². The quantitative estimate of drug-likeness (QED) is 0.0294. The fraction of sp³-hybridized carbons (Fsp3) is 0.800. The minimum atomic E-state index is -1.78. The Morgan fingerprint density at radius 1 is 0.268 bits per heavy atom. The number of hydrogen-bond acceptors (Lipinski definition) is 42. The number of carbonyl (C=O) groups excluding carboxylic acids is 14. The molecule has 0 spiro atoms. The maximum absolute atomic E-state index is 13.5. The number of rotatable bonds is 36. The smallest absolute Gasteiger partial charge is 0.303 e. The second kappa shape index (κ2) is 46.8. The van der Waals surface area contributed by atoms with Crippen LogP contribution in [0, 0.1) is 41.4 Å². The van der Waals surface area contributed by atoms with Crippen molar-refractivity contribution in [3.63, 3.8) is 0 Å². The first-order chi connectivity index (χ1) is 57.8. The van der Waals surface area contributed by atoms with Crippen molar-refractivity contribution in [3.8, 4) is 0 Å². The van der Waals surface area contributed by atoms with E-state index in [9.17, 15) is 72.2 Å². The Hall–Kier alpha value is -8.28. The Labute approximate surface area is 711 Å². The number of aliphatic hydroxyl groups is 1. The summed E-state index contributed by atoms with van der Waals surface area (Å²) in [5.74, 6) is -18.4. The van der Waals surface area contributed by atoms with E-state index in [1.165, 1.54) is 27.7 Å². The minimum Gasteiger partial charge on any atom is -0.463 e. The topological polar surface area (TPSA) is 520 Å². The normalized spacial score (nSPS) is 37.4. The summed E-state index contributed by atoms with van der Waals surface area (Å²) >= 11 is 0. The second-order valence-electron chi connectivity index (χ2n) is 31.3. The molecule has 696 valence electrons. The van der Waals surface area contributed by atoms with Gasteiger partial charge in [-0.1, -0.05) is 55.0 Å². The van der Waals surface area contributed by atoms with Crippen molar-refractivity contribution in [1.82, 2.24) is 5.32 Å². The maximum Gasteiger partial charge on any atom is 0.303 e. The predicted molar refractivity (Wildman–Crippen MR) is 404 cm³/mol. The van der Waals surface area contributed by atoms with Crippen molar-refractivity contribution in [1.29, 1.82) is 0 Å². The predicted octanol–water partition coefficient (Wildman–Crippen LogP) is 1.42. The summed E-state index contributed by atoms with van der Waals surface area (Å²) < 4.78 is 167. The monoisotopic (exact) mass is 1770 g/mol. The maximum atomic E-state index is 13.5. The molecule has 0 aromatic carbocycles. The average Bonchev–Trinajstić information content (AvgIpc) is 0.629. The zero-order valence-electron chi connectivity index (χ0n) is 72.8. The first-order valence-corrected chi connectivity index (χ1v) is 40.5. The summed E-state index contributed by atoms with van der Waals surface area (Å²) in [5.41, 5.74) is 0. The molecule has 0 saturated carbocycles. The Morgan fingerprint density at radius 2 is 0.463 bits per heavy atom. The third kappa shape index (κ3) is 28.6. The fourth-order valence-electron chi connectivity index (χ4n) is 15.9. The lowest BCUT2D eigenvalue weighted by molar-refractivity contribution is -0.386. The summed E-state index contributed by atoms with van der Waals surface area (Å²) in [4.78, 5) is 180. The van der Waals surface area contributed by atoms with Crippen molar-refractivity contribution in [2.45, 2.75) is 317 Å². The van der Waals surface area contributed by atoms with E-state index in [4.69, 9.17) is 128 Å². The number of amides is 1. The third-order valence-electron chi connectivity index (χ3n) is 21.6. The van der Waals surface area contributed by atoms with Crippen LogP contribution in [0.4, 0.5) is 0 Å². The Kier molecular flexibility index (Phi) is 38.7. The van der Waals surface area contributed by atoms with Gasteiger partial charge in [0.25, 0.3) is 0 Å². The molecule has 7 aliphatic rings. The third-order valence-corrected chi connectivity index (χ3v) is 21.6. The Bertz CT molecular complexity index is 3620. The molecule has 0 aromatic heterocycles. The summed E-state index contributed by atoms with van der Waals surface area (Å²) in [6.07, 6.45) is -38.8. The zero-order valence-corrected chi connectivity index (χ0v) is 72.8. The fourth-order valence-corrected chi connectivity index (χ4v) is 15.9. The van der Waals surface area contributed by atoms with Gasteiger partial charge in [0.1, 0.15) is 95.2 Å². The van der Waals surface area contributed by atoms with Crippen LogP contribution in [-0.2, 0) is 195 Å². The molecule has 0 bridgehead atoms. The van der Waals surface area contributed by atoms with E-state index in [0.29, 0.717) is 0 Å². The van der Waals surface area contributed by atoms with E-state index in [1.54, 1.807) is 41.5 Å². The highest BCUT2D eigenvalue weighted by molar-refractivity contribution is 5.86. The number of nitrogens with one attached hydrogen (secondary N) is 1. The van der Waals surface area contributed by atoms with E-state index < -0.39 is 330 Å². The van der Waals surface area contributed by atoms with Gasteiger partial charge >= 0.3 is 77.6 Å². The van der Waals surface area contributed by atoms with Crippen LogP contribution in [0.15, 0.2) is 12.7 Å². The molecule has 7 saturated heterocycles. The van der Waals surface area contributed by atoms with Crippen LogP contribution in [0.2, 0.25) is 0 Å². The zero-order chi connectivity index (χ0) is 91.5. The van der Waals surface area contributed by atoms with Gasteiger partial charge in [-0.2, -0.15) is 0 Å². The van der Waals surface area contributed by atoms with Gasteiger partial charge in [0, 0.05) is 131 Å².